The molecule has 3 rings (SSSR count). The van der Waals surface area contributed by atoms with Gasteiger partial charge in [0.2, 0.25) is 0 Å². The summed E-state index contributed by atoms with van der Waals surface area (Å²) in [6.07, 6.45) is 5.26. The third-order valence-corrected chi connectivity index (χ3v) is 3.80. The molecule has 0 spiro atoms. The van der Waals surface area contributed by atoms with E-state index in [1.54, 1.807) is 0 Å². The largest absolute Gasteiger partial charge is 0.441 e. The van der Waals surface area contributed by atoms with Crippen LogP contribution in [-0.2, 0) is 0 Å². The molecular formula is C15H20N2O. The van der Waals surface area contributed by atoms with E-state index in [4.69, 9.17) is 4.42 Å². The Balaban J connectivity index is 1.77. The van der Waals surface area contributed by atoms with Crippen molar-refractivity contribution in [2.45, 2.75) is 45.6 Å². The maximum absolute atomic E-state index is 5.49. The second-order valence-electron chi connectivity index (χ2n) is 5.53. The molecule has 0 bridgehead atoms. The summed E-state index contributed by atoms with van der Waals surface area (Å²) < 4.78 is 5.49. The van der Waals surface area contributed by atoms with Gasteiger partial charge in [-0.2, -0.15) is 0 Å². The molecule has 3 nitrogen and oxygen atoms in total. The van der Waals surface area contributed by atoms with Crippen LogP contribution in [0.1, 0.15) is 38.5 Å². The molecule has 1 aromatic heterocycles. The second-order valence-corrected chi connectivity index (χ2v) is 5.53. The monoisotopic (exact) mass is 244 g/mol. The van der Waals surface area contributed by atoms with Gasteiger partial charge in [0.15, 0.2) is 11.5 Å². The van der Waals surface area contributed by atoms with Crippen LogP contribution in [0.2, 0.25) is 0 Å². The van der Waals surface area contributed by atoms with Gasteiger partial charge in [-0.05, 0) is 37.0 Å². The van der Waals surface area contributed by atoms with E-state index in [0.717, 1.165) is 28.6 Å². The first kappa shape index (κ1) is 11.6. The Labute approximate surface area is 108 Å². The lowest BCUT2D eigenvalue weighted by Crippen LogP contribution is -2.26. The van der Waals surface area contributed by atoms with E-state index in [2.05, 4.69) is 29.4 Å². The van der Waals surface area contributed by atoms with Gasteiger partial charge >= 0.3 is 0 Å². The van der Waals surface area contributed by atoms with Crippen LogP contribution in [0.4, 0.5) is 5.69 Å². The fourth-order valence-corrected chi connectivity index (χ4v) is 2.93. The first-order chi connectivity index (χ1) is 8.70. The Kier molecular flexibility index (Phi) is 2.98. The zero-order chi connectivity index (χ0) is 12.5. The third-order valence-electron chi connectivity index (χ3n) is 3.80. The summed E-state index contributed by atoms with van der Waals surface area (Å²) in [4.78, 5) is 4.38. The Morgan fingerprint density at radius 1 is 1.33 bits per heavy atom. The highest BCUT2D eigenvalue weighted by Gasteiger charge is 2.18. The number of fused-ring (bicyclic) bond motifs is 1. The molecule has 1 aromatic carbocycles. The van der Waals surface area contributed by atoms with Crippen LogP contribution in [0, 0.1) is 12.8 Å². The van der Waals surface area contributed by atoms with Gasteiger partial charge in [-0.15, -0.1) is 0 Å². The number of hydrogen-bond donors (Lipinski definition) is 1. The molecule has 96 valence electrons. The van der Waals surface area contributed by atoms with Crippen molar-refractivity contribution in [2.75, 3.05) is 5.32 Å². The lowest BCUT2D eigenvalue weighted by atomic mass is 9.87. The maximum atomic E-state index is 5.49. The molecule has 1 heterocycles. The summed E-state index contributed by atoms with van der Waals surface area (Å²) in [5, 5.41) is 3.63. The third kappa shape index (κ3) is 2.35. The minimum absolute atomic E-state index is 0.610. The van der Waals surface area contributed by atoms with Crippen molar-refractivity contribution in [1.29, 1.82) is 0 Å². The number of benzene rings is 1. The number of oxazole rings is 1. The zero-order valence-electron chi connectivity index (χ0n) is 11.1. The molecule has 0 radical (unpaired) electrons. The van der Waals surface area contributed by atoms with Gasteiger partial charge in [0.05, 0.1) is 0 Å². The molecule has 1 aliphatic rings. The van der Waals surface area contributed by atoms with Crippen molar-refractivity contribution in [2.24, 2.45) is 5.92 Å². The van der Waals surface area contributed by atoms with Crippen molar-refractivity contribution in [3.8, 4) is 0 Å². The summed E-state index contributed by atoms with van der Waals surface area (Å²) in [5.74, 6) is 1.57. The molecule has 1 aliphatic carbocycles. The first-order valence-electron chi connectivity index (χ1n) is 6.84. The van der Waals surface area contributed by atoms with Gasteiger partial charge in [-0.25, -0.2) is 4.98 Å². The second kappa shape index (κ2) is 4.63. The van der Waals surface area contributed by atoms with Gasteiger partial charge in [0.25, 0.3) is 0 Å². The van der Waals surface area contributed by atoms with E-state index >= 15 is 0 Å². The SMILES string of the molecule is Cc1nc2cc(NC3CCCC(C)C3)ccc2o1. The van der Waals surface area contributed by atoms with E-state index < -0.39 is 0 Å². The zero-order valence-corrected chi connectivity index (χ0v) is 11.1. The summed E-state index contributed by atoms with van der Waals surface area (Å²) in [7, 11) is 0. The molecule has 0 aliphatic heterocycles. The smallest absolute Gasteiger partial charge is 0.192 e. The van der Waals surface area contributed by atoms with Crippen molar-refractivity contribution in [3.05, 3.63) is 24.1 Å². The Morgan fingerprint density at radius 2 is 2.22 bits per heavy atom. The average Bonchev–Trinajstić information content (AvgIpc) is 2.68. The normalized spacial score (nSPS) is 24.3. The molecule has 0 saturated heterocycles. The molecule has 0 amide bonds. The fraction of sp³-hybridized carbons (Fsp3) is 0.533. The summed E-state index contributed by atoms with van der Waals surface area (Å²) >= 11 is 0. The molecule has 1 N–H and O–H groups in total. The van der Waals surface area contributed by atoms with Crippen LogP contribution in [0.25, 0.3) is 11.1 Å². The van der Waals surface area contributed by atoms with Crippen LogP contribution < -0.4 is 5.32 Å². The fourth-order valence-electron chi connectivity index (χ4n) is 2.93. The Bertz CT molecular complexity index is 546. The molecule has 2 aromatic rings. The maximum Gasteiger partial charge on any atom is 0.192 e. The number of anilines is 1. The predicted octanol–water partition coefficient (Wildman–Crippen LogP) is 4.13. The van der Waals surface area contributed by atoms with Crippen molar-refractivity contribution >= 4 is 16.8 Å². The number of aromatic nitrogens is 1. The number of rotatable bonds is 2. The van der Waals surface area contributed by atoms with Crippen LogP contribution in [0.3, 0.4) is 0 Å². The standard InChI is InChI=1S/C15H20N2O/c1-10-4-3-5-12(8-10)17-13-6-7-15-14(9-13)16-11(2)18-15/h6-7,9-10,12,17H,3-5,8H2,1-2H3. The molecule has 1 fully saturated rings. The number of nitrogens with zero attached hydrogens (tertiary/aromatic N) is 1. The van der Waals surface area contributed by atoms with Gasteiger partial charge in [0, 0.05) is 18.7 Å². The summed E-state index contributed by atoms with van der Waals surface area (Å²) in [6, 6.07) is 6.79. The topological polar surface area (TPSA) is 38.1 Å². The van der Waals surface area contributed by atoms with Crippen LogP contribution in [0.15, 0.2) is 22.6 Å². The lowest BCUT2D eigenvalue weighted by Gasteiger charge is -2.28. The molecule has 3 heteroatoms. The molecule has 18 heavy (non-hydrogen) atoms. The van der Waals surface area contributed by atoms with Gasteiger partial charge in [-0.3, -0.25) is 0 Å². The summed E-state index contributed by atoms with van der Waals surface area (Å²) in [6.45, 7) is 4.23. The van der Waals surface area contributed by atoms with E-state index in [9.17, 15) is 0 Å². The van der Waals surface area contributed by atoms with E-state index in [1.807, 2.05) is 13.0 Å². The lowest BCUT2D eigenvalue weighted by molar-refractivity contribution is 0.358. The molecular weight excluding hydrogens is 224 g/mol. The molecule has 2 unspecified atom stereocenters. The first-order valence-corrected chi connectivity index (χ1v) is 6.84. The highest BCUT2D eigenvalue weighted by atomic mass is 16.3. The van der Waals surface area contributed by atoms with E-state index in [0.29, 0.717) is 6.04 Å². The Hall–Kier alpha value is -1.51. The van der Waals surface area contributed by atoms with Crippen LogP contribution in [0.5, 0.6) is 0 Å². The number of aryl methyl sites for hydroxylation is 1. The minimum atomic E-state index is 0.610. The van der Waals surface area contributed by atoms with Crippen molar-refractivity contribution < 1.29 is 4.42 Å². The molecule has 2 atom stereocenters. The summed E-state index contributed by atoms with van der Waals surface area (Å²) in [5.41, 5.74) is 2.98. The van der Waals surface area contributed by atoms with Crippen LogP contribution in [-0.4, -0.2) is 11.0 Å². The van der Waals surface area contributed by atoms with Gasteiger partial charge in [-0.1, -0.05) is 19.8 Å². The van der Waals surface area contributed by atoms with E-state index in [-0.39, 0.29) is 0 Å². The predicted molar refractivity (Wildman–Crippen MR) is 73.8 cm³/mol. The van der Waals surface area contributed by atoms with E-state index in [1.165, 1.54) is 25.7 Å². The van der Waals surface area contributed by atoms with Crippen molar-refractivity contribution in [1.82, 2.24) is 4.98 Å². The molecule has 1 saturated carbocycles. The number of hydrogen-bond acceptors (Lipinski definition) is 3. The average molecular weight is 244 g/mol. The highest BCUT2D eigenvalue weighted by molar-refractivity contribution is 5.77. The van der Waals surface area contributed by atoms with Crippen molar-refractivity contribution in [3.63, 3.8) is 0 Å². The highest BCUT2D eigenvalue weighted by Crippen LogP contribution is 2.27. The Morgan fingerprint density at radius 3 is 3.06 bits per heavy atom. The van der Waals surface area contributed by atoms with Gasteiger partial charge in [0.1, 0.15) is 5.52 Å². The quantitative estimate of drug-likeness (QED) is 0.863. The van der Waals surface area contributed by atoms with Gasteiger partial charge < -0.3 is 9.73 Å². The minimum Gasteiger partial charge on any atom is -0.441 e. The van der Waals surface area contributed by atoms with Crippen LogP contribution >= 0.6 is 0 Å². The number of nitrogens with one attached hydrogen (secondary N) is 1.